The molecule has 2 aromatic carbocycles. The van der Waals surface area contributed by atoms with Crippen LogP contribution in [0.3, 0.4) is 0 Å². The van der Waals surface area contributed by atoms with Crippen LogP contribution in [-0.2, 0) is 27.1 Å². The predicted octanol–water partition coefficient (Wildman–Crippen LogP) is 6.81. The van der Waals surface area contributed by atoms with Gasteiger partial charge in [-0.3, -0.25) is 19.0 Å². The van der Waals surface area contributed by atoms with Gasteiger partial charge in [-0.25, -0.2) is 18.7 Å². The van der Waals surface area contributed by atoms with Gasteiger partial charge >= 0.3 is 0 Å². The molecule has 0 saturated heterocycles. The van der Waals surface area contributed by atoms with E-state index in [4.69, 9.17) is 18.8 Å². The molecule has 4 aromatic heterocycles. The van der Waals surface area contributed by atoms with Crippen molar-refractivity contribution in [2.24, 2.45) is 14.0 Å². The molecule has 66 heavy (non-hydrogen) atoms. The number of carbonyl (C=O) groups is 2. The number of hydrogen-bond acceptors (Lipinski definition) is 12. The first-order chi connectivity index (χ1) is 31.6. The smallest absolute Gasteiger partial charge is 0.254 e. The van der Waals surface area contributed by atoms with Gasteiger partial charge in [0.2, 0.25) is 0 Å². The van der Waals surface area contributed by atoms with Crippen LogP contribution < -0.4 is 24.6 Å². The van der Waals surface area contributed by atoms with Gasteiger partial charge in [0.15, 0.2) is 23.1 Å². The highest BCUT2D eigenvalue weighted by atomic mass is 19.1. The summed E-state index contributed by atoms with van der Waals surface area (Å²) in [6.07, 6.45) is 2.04. The highest BCUT2D eigenvalue weighted by molar-refractivity contribution is 5.96. The van der Waals surface area contributed by atoms with Gasteiger partial charge < -0.3 is 29.5 Å². The average Bonchev–Trinajstić information content (AvgIpc) is 3.84. The first-order valence-electron chi connectivity index (χ1n) is 21.3. The zero-order valence-corrected chi connectivity index (χ0v) is 37.3. The van der Waals surface area contributed by atoms with Crippen LogP contribution in [0.5, 0.6) is 11.5 Å². The lowest BCUT2D eigenvalue weighted by atomic mass is 10.00. The SMILES string of the molecule is C.C[C@H]1Oc2cc(cnc2N(C)C)-c2c(nn(C)c2C#N)CN(C)C(=O)c2ccc(F)cc21.[2H]C([2H])([2H])n1nc(CNC(=O)c2ccc(F)cc2[C@@H](C)Oc2cc(C)cnc2N(C)C)cc1C#N.[B]. The molecule has 2 amide bonds. The zero-order chi connectivity index (χ0) is 49.1. The third-order valence-corrected chi connectivity index (χ3v) is 10.2. The first kappa shape index (κ1) is 46.2. The van der Waals surface area contributed by atoms with E-state index >= 15 is 0 Å². The molecule has 2 atom stereocenters. The van der Waals surface area contributed by atoms with Crippen LogP contribution in [0.15, 0.2) is 67.0 Å². The minimum absolute atomic E-state index is 0. The van der Waals surface area contributed by atoms with E-state index in [1.807, 2.05) is 47.2 Å². The van der Waals surface area contributed by atoms with Crippen molar-refractivity contribution in [3.8, 4) is 34.8 Å². The molecule has 2 bridgehead atoms. The quantitative estimate of drug-likeness (QED) is 0.158. The summed E-state index contributed by atoms with van der Waals surface area (Å²) in [5.41, 5.74) is 4.38. The van der Waals surface area contributed by atoms with Crippen LogP contribution in [0.4, 0.5) is 20.4 Å². The van der Waals surface area contributed by atoms with E-state index in [1.54, 1.807) is 56.2 Å². The number of pyridine rings is 2. The number of nitrogens with zero attached hydrogens (tertiary/aromatic N) is 11. The van der Waals surface area contributed by atoms with E-state index in [-0.39, 0.29) is 51.8 Å². The standard InChI is InChI=1S/C23H23FN6O2.C23H25FN6O2.CH4.B/c1-13-17-9-15(24)6-7-16(17)23(31)29(4)12-18-21(19(10-25)30(5)27-18)14-8-20(32-13)22(26-11-14)28(2)3;1-14-8-21(22(26-12-14)29(3)4)32-15(2)20-9-16(24)6-7-19(20)23(31)27-13-17-10-18(11-25)30(5)28-17;;/h6-9,11,13H,12H2,1-5H3;6-10,12,15H,13H2,1-5H3,(H,27,31);1H4;/t13-;15-;;/m11../s1/i;5D3;;. The van der Waals surface area contributed by atoms with Gasteiger partial charge in [0.1, 0.15) is 47.4 Å². The fraction of sp³-hybridized carbons (Fsp3) is 0.319. The summed E-state index contributed by atoms with van der Waals surface area (Å²) in [5, 5.41) is 30.0. The predicted molar refractivity (Wildman–Crippen MR) is 247 cm³/mol. The number of halogens is 2. The maximum atomic E-state index is 14.1. The Kier molecular flexibility index (Phi) is 14.9. The summed E-state index contributed by atoms with van der Waals surface area (Å²) < 4.78 is 65.1. The Balaban J connectivity index is 0.000000293. The topological polar surface area (TPSA) is 183 Å². The number of amides is 2. The summed E-state index contributed by atoms with van der Waals surface area (Å²) in [6, 6.07) is 16.7. The number of anilines is 2. The van der Waals surface area contributed by atoms with Crippen molar-refractivity contribution in [2.75, 3.05) is 45.0 Å². The Morgan fingerprint density at radius 3 is 2.32 bits per heavy atom. The second kappa shape index (κ2) is 21.3. The number of ether oxygens (including phenoxy) is 2. The molecular formula is C47H52BF2N12O4. The van der Waals surface area contributed by atoms with E-state index in [0.717, 1.165) is 5.56 Å². The van der Waals surface area contributed by atoms with Crippen molar-refractivity contribution in [3.05, 3.63) is 129 Å². The van der Waals surface area contributed by atoms with Gasteiger partial charge in [-0.1, -0.05) is 7.43 Å². The maximum absolute atomic E-state index is 14.1. The van der Waals surface area contributed by atoms with Crippen molar-refractivity contribution < 1.29 is 32.0 Å². The molecule has 1 aliphatic heterocycles. The molecule has 16 nitrogen and oxygen atoms in total. The summed E-state index contributed by atoms with van der Waals surface area (Å²) in [5.74, 6) is 0.288. The third kappa shape index (κ3) is 10.9. The lowest BCUT2D eigenvalue weighted by Crippen LogP contribution is -2.28. The molecule has 0 saturated carbocycles. The maximum Gasteiger partial charge on any atom is 0.254 e. The van der Waals surface area contributed by atoms with Gasteiger partial charge in [-0.2, -0.15) is 20.7 Å². The van der Waals surface area contributed by atoms with E-state index in [0.29, 0.717) is 67.0 Å². The highest BCUT2D eigenvalue weighted by Crippen LogP contribution is 2.38. The largest absolute Gasteiger partial charge is 0.482 e. The van der Waals surface area contributed by atoms with E-state index < -0.39 is 36.7 Å². The molecule has 1 N–H and O–H groups in total. The molecule has 0 fully saturated rings. The first-order valence-corrected chi connectivity index (χ1v) is 19.8. The molecule has 0 spiro atoms. The third-order valence-electron chi connectivity index (χ3n) is 10.2. The monoisotopic (exact) mass is 900 g/mol. The van der Waals surface area contributed by atoms with Gasteiger partial charge in [0.05, 0.1) is 24.5 Å². The molecule has 3 radical (unpaired) electrons. The Bertz CT molecular complexity index is 2950. The summed E-state index contributed by atoms with van der Waals surface area (Å²) >= 11 is 0. The Labute approximate surface area is 389 Å². The molecule has 5 heterocycles. The minimum Gasteiger partial charge on any atom is -0.482 e. The molecule has 341 valence electrons. The summed E-state index contributed by atoms with van der Waals surface area (Å²) in [7, 11) is 10.7. The Morgan fingerprint density at radius 2 is 1.67 bits per heavy atom. The Hall–Kier alpha value is -7.80. The zero-order valence-electron chi connectivity index (χ0n) is 40.3. The molecule has 6 aromatic rings. The summed E-state index contributed by atoms with van der Waals surface area (Å²) in [6.45, 7) is 2.75. The number of hydrogen-bond donors (Lipinski definition) is 1. The van der Waals surface area contributed by atoms with E-state index in [1.165, 1.54) is 52.0 Å². The van der Waals surface area contributed by atoms with Crippen molar-refractivity contribution in [3.63, 3.8) is 0 Å². The van der Waals surface area contributed by atoms with Crippen LogP contribution in [0.2, 0.25) is 0 Å². The number of carbonyl (C=O) groups excluding carboxylic acids is 2. The van der Waals surface area contributed by atoms with Gasteiger partial charge in [0.25, 0.3) is 11.8 Å². The normalized spacial score (nSPS) is 14.0. The molecule has 1 aliphatic rings. The van der Waals surface area contributed by atoms with Crippen molar-refractivity contribution in [2.45, 2.75) is 53.5 Å². The average molecular weight is 901 g/mol. The van der Waals surface area contributed by atoms with Gasteiger partial charge in [-0.15, -0.1) is 0 Å². The van der Waals surface area contributed by atoms with Crippen molar-refractivity contribution >= 4 is 31.9 Å². The van der Waals surface area contributed by atoms with Crippen LogP contribution in [-0.4, -0.2) is 89.9 Å². The van der Waals surface area contributed by atoms with Crippen LogP contribution >= 0.6 is 0 Å². The number of fused-ring (bicyclic) bond motifs is 5. The van der Waals surface area contributed by atoms with Crippen LogP contribution in [0.25, 0.3) is 11.1 Å². The number of aryl methyl sites for hydroxylation is 3. The van der Waals surface area contributed by atoms with E-state index in [9.17, 15) is 23.6 Å². The minimum atomic E-state index is -2.62. The van der Waals surface area contributed by atoms with Crippen molar-refractivity contribution in [1.82, 2.24) is 39.7 Å². The fourth-order valence-corrected chi connectivity index (χ4v) is 7.09. The molecule has 0 aliphatic carbocycles. The number of rotatable bonds is 8. The number of benzene rings is 2. The number of aromatic nitrogens is 6. The number of nitriles is 2. The number of nitrogens with one attached hydrogen (secondary N) is 1. The molecule has 7 rings (SSSR count). The molecular weight excluding hydrogens is 845 g/mol. The second-order valence-corrected chi connectivity index (χ2v) is 15.4. The highest BCUT2D eigenvalue weighted by Gasteiger charge is 2.28. The molecule has 0 unspecified atom stereocenters. The lowest BCUT2D eigenvalue weighted by Gasteiger charge is -2.25. The van der Waals surface area contributed by atoms with Crippen LogP contribution in [0, 0.1) is 41.2 Å². The van der Waals surface area contributed by atoms with Crippen LogP contribution in [0.1, 0.15) is 97.8 Å². The van der Waals surface area contributed by atoms with E-state index in [2.05, 4.69) is 31.6 Å². The lowest BCUT2D eigenvalue weighted by molar-refractivity contribution is 0.0778. The van der Waals surface area contributed by atoms with Crippen molar-refractivity contribution in [1.29, 1.82) is 10.5 Å². The summed E-state index contributed by atoms with van der Waals surface area (Å²) in [4.78, 5) is 40.3. The molecule has 19 heteroatoms. The fourth-order valence-electron chi connectivity index (χ4n) is 7.09. The van der Waals surface area contributed by atoms with Gasteiger partial charge in [0, 0.05) is 108 Å². The Morgan fingerprint density at radius 1 is 0.985 bits per heavy atom. The van der Waals surface area contributed by atoms with Gasteiger partial charge in [-0.05, 0) is 80.9 Å². The second-order valence-electron chi connectivity index (χ2n) is 15.4.